The lowest BCUT2D eigenvalue weighted by Crippen LogP contribution is -2.36. The molecule has 402 valence electrons. The van der Waals surface area contributed by atoms with Gasteiger partial charge in [-0.3, -0.25) is 23.2 Å². The van der Waals surface area contributed by atoms with E-state index in [0.717, 1.165) is 61.6 Å². The summed E-state index contributed by atoms with van der Waals surface area (Å²) in [5.41, 5.74) is 4.56. The fourth-order valence-corrected chi connectivity index (χ4v) is 9.42. The predicted molar refractivity (Wildman–Crippen MR) is 264 cm³/mol. The highest BCUT2D eigenvalue weighted by molar-refractivity contribution is 7.61. The molecule has 1 aliphatic heterocycles. The fourth-order valence-electron chi connectivity index (χ4n) is 7.31. The third kappa shape index (κ3) is 28.8. The molecule has 2 heterocycles. The van der Waals surface area contributed by atoms with Crippen molar-refractivity contribution in [2.45, 2.75) is 205 Å². The van der Waals surface area contributed by atoms with E-state index in [4.69, 9.17) is 29.0 Å². The maximum absolute atomic E-state index is 12.8. The molecule has 0 aromatic carbocycles. The minimum Gasteiger partial charge on any atom is -0.462 e. The molecule has 1 aliphatic rings. The topological polar surface area (TPSA) is 306 Å². The van der Waals surface area contributed by atoms with Crippen LogP contribution < -0.4 is 11.4 Å². The number of phosphoric acid groups is 2. The van der Waals surface area contributed by atoms with Gasteiger partial charge in [-0.25, -0.2) is 13.9 Å². The van der Waals surface area contributed by atoms with Gasteiger partial charge in [0, 0.05) is 19.0 Å². The van der Waals surface area contributed by atoms with Crippen molar-refractivity contribution in [2.75, 3.05) is 25.6 Å². The van der Waals surface area contributed by atoms with Crippen molar-refractivity contribution in [3.8, 4) is 0 Å². The van der Waals surface area contributed by atoms with Crippen molar-refractivity contribution < 1.29 is 76.5 Å². The molecule has 20 nitrogen and oxygen atoms in total. The second kappa shape index (κ2) is 35.9. The van der Waals surface area contributed by atoms with Gasteiger partial charge in [-0.05, 0) is 63.4 Å². The van der Waals surface area contributed by atoms with Gasteiger partial charge in [0.1, 0.15) is 30.7 Å². The van der Waals surface area contributed by atoms with Crippen LogP contribution in [0.1, 0.15) is 168 Å². The average Bonchev–Trinajstić information content (AvgIpc) is 3.58. The fraction of sp³-hybridized carbons (Fsp3) is 0.750. The van der Waals surface area contributed by atoms with Gasteiger partial charge in [0.25, 0.3) is 0 Å². The van der Waals surface area contributed by atoms with Gasteiger partial charge in [0.15, 0.2) is 12.3 Å². The number of anilines is 1. The smallest absolute Gasteiger partial charge is 0.462 e. The summed E-state index contributed by atoms with van der Waals surface area (Å²) < 4.78 is 56.5. The number of carbonyl (C=O) groups is 2. The molecule has 0 bridgehead atoms. The van der Waals surface area contributed by atoms with Gasteiger partial charge in [-0.2, -0.15) is 9.29 Å². The van der Waals surface area contributed by atoms with Crippen LogP contribution in [0.15, 0.2) is 53.5 Å². The normalized spacial score (nSPS) is 20.5. The minimum absolute atomic E-state index is 0.00958. The number of hydrogen-bond acceptors (Lipinski definition) is 17. The van der Waals surface area contributed by atoms with Crippen LogP contribution in [0.4, 0.5) is 5.82 Å². The summed E-state index contributed by atoms with van der Waals surface area (Å²) in [5, 5.41) is 41.7. The van der Waals surface area contributed by atoms with E-state index in [1.807, 2.05) is 12.2 Å². The first kappa shape index (κ1) is 63.0. The Balaban J connectivity index is 1.87. The average molecular weight is 1040 g/mol. The Kier molecular flexibility index (Phi) is 32.3. The van der Waals surface area contributed by atoms with Crippen LogP contribution in [0.2, 0.25) is 0 Å². The molecule has 1 aromatic heterocycles. The Hall–Kier alpha value is -3.10. The molecule has 4 unspecified atom stereocenters. The van der Waals surface area contributed by atoms with E-state index in [1.54, 1.807) is 6.08 Å². The molecule has 9 atom stereocenters. The summed E-state index contributed by atoms with van der Waals surface area (Å²) in [5.74, 6) is -0.865. The van der Waals surface area contributed by atoms with E-state index in [9.17, 15) is 53.7 Å². The molecule has 0 radical (unpaired) electrons. The molecule has 0 amide bonds. The number of aromatic nitrogens is 2. The summed E-state index contributed by atoms with van der Waals surface area (Å²) in [6.07, 6.45) is 21.3. The van der Waals surface area contributed by atoms with Gasteiger partial charge >= 0.3 is 33.3 Å². The van der Waals surface area contributed by atoms with Crippen molar-refractivity contribution in [1.29, 1.82) is 0 Å². The van der Waals surface area contributed by atoms with E-state index in [0.29, 0.717) is 12.8 Å². The highest BCUT2D eigenvalue weighted by Crippen LogP contribution is 2.60. The summed E-state index contributed by atoms with van der Waals surface area (Å²) in [6, 6.07) is 1.23. The molecule has 1 aromatic rings. The molecular weight excluding hydrogens is 952 g/mol. The molecule has 22 heteroatoms. The van der Waals surface area contributed by atoms with Crippen LogP contribution >= 0.6 is 15.6 Å². The minimum atomic E-state index is -5.48. The second-order valence-corrected chi connectivity index (χ2v) is 21.1. The Labute approximate surface area is 413 Å². The number of allylic oxidation sites excluding steroid dienone is 5. The van der Waals surface area contributed by atoms with Crippen LogP contribution in [-0.4, -0.2) is 108 Å². The molecule has 1 saturated heterocycles. The number of esters is 2. The van der Waals surface area contributed by atoms with E-state index in [1.165, 1.54) is 57.4 Å². The third-order valence-corrected chi connectivity index (χ3v) is 14.0. The number of unbranched alkanes of at least 4 members (excludes halogenated alkanes) is 12. The number of ether oxygens (including phenoxy) is 3. The van der Waals surface area contributed by atoms with Crippen molar-refractivity contribution in [1.82, 2.24) is 9.55 Å². The predicted octanol–water partition coefficient (Wildman–Crippen LogP) is 7.80. The van der Waals surface area contributed by atoms with Gasteiger partial charge < -0.3 is 50.2 Å². The molecule has 2 rings (SSSR count). The number of carbonyl (C=O) groups excluding carboxylic acids is 2. The first-order chi connectivity index (χ1) is 33.3. The zero-order valence-electron chi connectivity index (χ0n) is 41.5. The SMILES string of the molecule is CCCCC/C=C\C/C=C\C/C=C\CC(O)C(O)CCCC(=O)OC[C@H](COP(=O)(O)OP(=O)(O)OC[C@H]1O[C@@H](n2ccc(N)nc2=O)[C@H](O)[C@@H]1O)OC(=O)CCCCCCCCCCCCC(C)C. The Morgan fingerprint density at radius 1 is 0.771 bits per heavy atom. The lowest BCUT2D eigenvalue weighted by Gasteiger charge is -2.21. The number of hydrogen-bond donors (Lipinski definition) is 7. The van der Waals surface area contributed by atoms with Crippen molar-refractivity contribution in [3.63, 3.8) is 0 Å². The highest BCUT2D eigenvalue weighted by atomic mass is 31.3. The van der Waals surface area contributed by atoms with Crippen LogP contribution in [0.3, 0.4) is 0 Å². The number of phosphoric ester groups is 2. The lowest BCUT2D eigenvalue weighted by molar-refractivity contribution is -0.161. The lowest BCUT2D eigenvalue weighted by atomic mass is 10.0. The number of nitrogens with two attached hydrogens (primary N) is 1. The van der Waals surface area contributed by atoms with E-state index in [2.05, 4.69) is 48.3 Å². The zero-order valence-corrected chi connectivity index (χ0v) is 43.2. The molecule has 0 aliphatic carbocycles. The van der Waals surface area contributed by atoms with Gasteiger partial charge in [-0.15, -0.1) is 0 Å². The molecular formula is C48H83N3O17P2. The van der Waals surface area contributed by atoms with Crippen molar-refractivity contribution in [3.05, 3.63) is 59.2 Å². The quantitative estimate of drug-likeness (QED) is 0.0143. The first-order valence-corrected chi connectivity index (χ1v) is 28.0. The number of nitrogen functional groups attached to an aromatic ring is 1. The van der Waals surface area contributed by atoms with E-state index < -0.39 is 95.9 Å². The maximum atomic E-state index is 12.8. The summed E-state index contributed by atoms with van der Waals surface area (Å²) in [7, 11) is -11.0. The molecule has 0 spiro atoms. The van der Waals surface area contributed by atoms with Gasteiger partial charge in [-0.1, -0.05) is 134 Å². The van der Waals surface area contributed by atoms with Gasteiger partial charge in [0.2, 0.25) is 0 Å². The number of nitrogens with zero attached hydrogens (tertiary/aromatic N) is 2. The first-order valence-electron chi connectivity index (χ1n) is 25.0. The molecule has 1 fully saturated rings. The maximum Gasteiger partial charge on any atom is 0.481 e. The van der Waals surface area contributed by atoms with Crippen LogP contribution in [0.25, 0.3) is 0 Å². The van der Waals surface area contributed by atoms with Crippen molar-refractivity contribution >= 4 is 33.4 Å². The second-order valence-electron chi connectivity index (χ2n) is 18.1. The Morgan fingerprint density at radius 2 is 1.37 bits per heavy atom. The molecule has 70 heavy (non-hydrogen) atoms. The van der Waals surface area contributed by atoms with Crippen LogP contribution in [0.5, 0.6) is 0 Å². The number of rotatable bonds is 40. The monoisotopic (exact) mass is 1040 g/mol. The van der Waals surface area contributed by atoms with Crippen LogP contribution in [0, 0.1) is 5.92 Å². The van der Waals surface area contributed by atoms with Crippen LogP contribution in [-0.2, 0) is 46.3 Å². The third-order valence-electron chi connectivity index (χ3n) is 11.4. The van der Waals surface area contributed by atoms with E-state index in [-0.39, 0.29) is 37.9 Å². The zero-order chi connectivity index (χ0) is 51.8. The van der Waals surface area contributed by atoms with E-state index >= 15 is 0 Å². The molecule has 8 N–H and O–H groups in total. The van der Waals surface area contributed by atoms with Gasteiger partial charge in [0.05, 0.1) is 25.4 Å². The number of aliphatic hydroxyl groups excluding tert-OH is 4. The Bertz CT molecular complexity index is 1860. The molecule has 0 saturated carbocycles. The summed E-state index contributed by atoms with van der Waals surface area (Å²) in [6.45, 7) is 4.10. The standard InChI is InChI=1S/C48H83N3O17P2/c1-4-5-6-7-8-9-10-11-15-18-21-24-28-39(52)40(53)29-26-31-43(54)63-34-38(66-44(55)30-25-22-19-16-13-12-14-17-20-23-27-37(2)3)35-64-69(59,60)68-70(61,62)65-36-41-45(56)46(57)47(67-41)51-33-32-42(49)50-48(51)58/h8-9,11,15,21,24,32-33,37-41,45-47,52-53,56-57H,4-7,10,12-14,16-20,22-23,25-31,34-36H2,1-3H3,(H,59,60)(H,61,62)(H2,49,50,58)/b9-8-,15-11-,24-21-/t38-,39?,40?,41-,45-,46-,47-/m1/s1. The Morgan fingerprint density at radius 3 is 2.01 bits per heavy atom. The van der Waals surface area contributed by atoms with Crippen molar-refractivity contribution in [2.24, 2.45) is 5.92 Å². The summed E-state index contributed by atoms with van der Waals surface area (Å²) in [4.78, 5) is 61.9. The summed E-state index contributed by atoms with van der Waals surface area (Å²) >= 11 is 0. The highest BCUT2D eigenvalue weighted by Gasteiger charge is 2.46. The largest absolute Gasteiger partial charge is 0.481 e. The number of aliphatic hydroxyl groups is 4.